The van der Waals surface area contributed by atoms with Gasteiger partial charge in [0.15, 0.2) is 0 Å². The van der Waals surface area contributed by atoms with E-state index in [-0.39, 0.29) is 0 Å². The second kappa shape index (κ2) is 5.85. The Morgan fingerprint density at radius 3 is 2.59 bits per heavy atom. The zero-order chi connectivity index (χ0) is 12.3. The summed E-state index contributed by atoms with van der Waals surface area (Å²) in [6.07, 6.45) is 5.85. The number of hydrogen-bond acceptors (Lipinski definition) is 2. The molecule has 1 heterocycles. The Morgan fingerprint density at radius 1 is 1.29 bits per heavy atom. The van der Waals surface area contributed by atoms with Gasteiger partial charge >= 0.3 is 0 Å². The van der Waals surface area contributed by atoms with Crippen LogP contribution >= 0.6 is 0 Å². The molecule has 2 fully saturated rings. The molecule has 0 bridgehead atoms. The number of carbonyl (C=O) groups is 1. The van der Waals surface area contributed by atoms with Gasteiger partial charge in [-0.25, -0.2) is 0 Å². The van der Waals surface area contributed by atoms with E-state index in [2.05, 4.69) is 24.1 Å². The normalized spacial score (nSPS) is 24.3. The highest BCUT2D eigenvalue weighted by atomic mass is 16.2. The van der Waals surface area contributed by atoms with E-state index >= 15 is 0 Å². The van der Waals surface area contributed by atoms with E-state index in [0.29, 0.717) is 24.3 Å². The molecule has 1 N–H and O–H groups in total. The number of nitrogens with one attached hydrogen (secondary N) is 1. The van der Waals surface area contributed by atoms with Crippen molar-refractivity contribution in [3.63, 3.8) is 0 Å². The highest BCUT2D eigenvalue weighted by Gasteiger charge is 2.29. The molecule has 3 nitrogen and oxygen atoms in total. The van der Waals surface area contributed by atoms with Gasteiger partial charge in [-0.1, -0.05) is 13.8 Å². The lowest BCUT2D eigenvalue weighted by molar-refractivity contribution is -0.132. The van der Waals surface area contributed by atoms with Crippen molar-refractivity contribution in [2.24, 2.45) is 11.8 Å². The summed E-state index contributed by atoms with van der Waals surface area (Å²) in [5.41, 5.74) is 0. The zero-order valence-corrected chi connectivity index (χ0v) is 11.2. The minimum atomic E-state index is 0.362. The molecule has 1 atom stereocenters. The SMILES string of the molecule is CC(C)CC(=O)N(CC1CC1)CC1CCCN1. The smallest absolute Gasteiger partial charge is 0.222 e. The minimum Gasteiger partial charge on any atom is -0.341 e. The van der Waals surface area contributed by atoms with E-state index in [4.69, 9.17) is 0 Å². The molecule has 2 aliphatic rings. The van der Waals surface area contributed by atoms with E-state index in [0.717, 1.165) is 25.6 Å². The number of amides is 1. The third kappa shape index (κ3) is 4.30. The van der Waals surface area contributed by atoms with Gasteiger partial charge < -0.3 is 10.2 Å². The van der Waals surface area contributed by atoms with Crippen LogP contribution in [0, 0.1) is 11.8 Å². The highest BCUT2D eigenvalue weighted by Crippen LogP contribution is 2.30. The van der Waals surface area contributed by atoms with Gasteiger partial charge in [0.05, 0.1) is 0 Å². The summed E-state index contributed by atoms with van der Waals surface area (Å²) < 4.78 is 0. The van der Waals surface area contributed by atoms with Gasteiger partial charge in [-0.3, -0.25) is 4.79 Å². The Morgan fingerprint density at radius 2 is 2.06 bits per heavy atom. The molecule has 0 aromatic carbocycles. The molecule has 1 aliphatic heterocycles. The quantitative estimate of drug-likeness (QED) is 0.768. The molecule has 98 valence electrons. The molecule has 0 spiro atoms. The molecule has 1 aliphatic carbocycles. The second-order valence-electron chi connectivity index (χ2n) is 6.13. The summed E-state index contributed by atoms with van der Waals surface area (Å²) in [7, 11) is 0. The van der Waals surface area contributed by atoms with Crippen LogP contribution < -0.4 is 5.32 Å². The average molecular weight is 238 g/mol. The third-order valence-electron chi connectivity index (χ3n) is 3.71. The standard InChI is InChI=1S/C14H26N2O/c1-11(2)8-14(17)16(9-12-5-6-12)10-13-4-3-7-15-13/h11-13,15H,3-10H2,1-2H3. The predicted molar refractivity (Wildman–Crippen MR) is 69.8 cm³/mol. The van der Waals surface area contributed by atoms with E-state index in [1.807, 2.05) is 0 Å². The molecule has 0 aromatic rings. The molecule has 1 saturated heterocycles. The van der Waals surface area contributed by atoms with Gasteiger partial charge in [0.2, 0.25) is 5.91 Å². The first kappa shape index (κ1) is 12.9. The maximum Gasteiger partial charge on any atom is 0.222 e. The first-order chi connectivity index (χ1) is 8.15. The number of rotatable bonds is 6. The molecule has 0 radical (unpaired) electrons. The van der Waals surface area contributed by atoms with Crippen molar-refractivity contribution in [1.29, 1.82) is 0 Å². The van der Waals surface area contributed by atoms with Gasteiger partial charge in [-0.15, -0.1) is 0 Å². The van der Waals surface area contributed by atoms with E-state index in [1.54, 1.807) is 0 Å². The average Bonchev–Trinajstić information content (AvgIpc) is 2.91. The van der Waals surface area contributed by atoms with E-state index in [1.165, 1.54) is 25.7 Å². The molecule has 1 unspecified atom stereocenters. The topological polar surface area (TPSA) is 32.3 Å². The fraction of sp³-hybridized carbons (Fsp3) is 0.929. The highest BCUT2D eigenvalue weighted by molar-refractivity contribution is 5.76. The monoisotopic (exact) mass is 238 g/mol. The first-order valence-electron chi connectivity index (χ1n) is 7.16. The van der Waals surface area contributed by atoms with Gasteiger partial charge in [-0.2, -0.15) is 0 Å². The molecular formula is C14H26N2O. The van der Waals surface area contributed by atoms with Crippen molar-refractivity contribution in [1.82, 2.24) is 10.2 Å². The maximum atomic E-state index is 12.2. The molecule has 1 saturated carbocycles. The lowest BCUT2D eigenvalue weighted by Gasteiger charge is -2.26. The van der Waals surface area contributed by atoms with Crippen LogP contribution in [0.4, 0.5) is 0 Å². The molecule has 17 heavy (non-hydrogen) atoms. The minimum absolute atomic E-state index is 0.362. The Bertz CT molecular complexity index is 255. The summed E-state index contributed by atoms with van der Waals surface area (Å²) >= 11 is 0. The maximum absolute atomic E-state index is 12.2. The van der Waals surface area contributed by atoms with Crippen LogP contribution in [0.3, 0.4) is 0 Å². The summed E-state index contributed by atoms with van der Waals surface area (Å²) in [4.78, 5) is 14.3. The van der Waals surface area contributed by atoms with Crippen molar-refractivity contribution in [2.75, 3.05) is 19.6 Å². The first-order valence-corrected chi connectivity index (χ1v) is 7.16. The summed E-state index contributed by atoms with van der Waals surface area (Å²) in [5, 5.41) is 3.50. The second-order valence-corrected chi connectivity index (χ2v) is 6.13. The van der Waals surface area contributed by atoms with Crippen molar-refractivity contribution in [2.45, 2.75) is 52.0 Å². The van der Waals surface area contributed by atoms with Crippen LogP contribution in [0.15, 0.2) is 0 Å². The van der Waals surface area contributed by atoms with Crippen molar-refractivity contribution in [3.8, 4) is 0 Å². The largest absolute Gasteiger partial charge is 0.341 e. The van der Waals surface area contributed by atoms with Crippen LogP contribution in [-0.2, 0) is 4.79 Å². The van der Waals surface area contributed by atoms with Gasteiger partial charge in [0.25, 0.3) is 0 Å². The van der Waals surface area contributed by atoms with E-state index < -0.39 is 0 Å². The number of nitrogens with zero attached hydrogens (tertiary/aromatic N) is 1. The summed E-state index contributed by atoms with van der Waals surface area (Å²) in [5.74, 6) is 1.63. The fourth-order valence-corrected chi connectivity index (χ4v) is 2.55. The Labute approximate surface area is 105 Å². The molecule has 1 amide bonds. The summed E-state index contributed by atoms with van der Waals surface area (Å²) in [6, 6.07) is 0.546. The molecule has 2 rings (SSSR count). The van der Waals surface area contributed by atoms with Crippen molar-refractivity contribution in [3.05, 3.63) is 0 Å². The molecule has 0 aromatic heterocycles. The van der Waals surface area contributed by atoms with Gasteiger partial charge in [-0.05, 0) is 44.1 Å². The van der Waals surface area contributed by atoms with Crippen LogP contribution in [0.1, 0.15) is 46.0 Å². The van der Waals surface area contributed by atoms with Crippen LogP contribution in [-0.4, -0.2) is 36.5 Å². The van der Waals surface area contributed by atoms with Crippen LogP contribution in [0.2, 0.25) is 0 Å². The van der Waals surface area contributed by atoms with Crippen molar-refractivity contribution >= 4 is 5.91 Å². The Hall–Kier alpha value is -0.570. The third-order valence-corrected chi connectivity index (χ3v) is 3.71. The predicted octanol–water partition coefficient (Wildman–Crippen LogP) is 2.02. The fourth-order valence-electron chi connectivity index (χ4n) is 2.55. The van der Waals surface area contributed by atoms with Crippen LogP contribution in [0.25, 0.3) is 0 Å². The molecule has 3 heteroatoms. The zero-order valence-electron chi connectivity index (χ0n) is 11.2. The van der Waals surface area contributed by atoms with Gasteiger partial charge in [0, 0.05) is 25.6 Å². The van der Waals surface area contributed by atoms with Crippen LogP contribution in [0.5, 0.6) is 0 Å². The van der Waals surface area contributed by atoms with Gasteiger partial charge in [0.1, 0.15) is 0 Å². The Balaban J connectivity index is 1.84. The van der Waals surface area contributed by atoms with Crippen molar-refractivity contribution < 1.29 is 4.79 Å². The summed E-state index contributed by atoms with van der Waals surface area (Å²) in [6.45, 7) is 7.31. The lowest BCUT2D eigenvalue weighted by Crippen LogP contribution is -2.42. The lowest BCUT2D eigenvalue weighted by atomic mass is 10.1. The Kier molecular flexibility index (Phi) is 4.43. The number of hydrogen-bond donors (Lipinski definition) is 1. The molecular weight excluding hydrogens is 212 g/mol. The van der Waals surface area contributed by atoms with E-state index in [9.17, 15) is 4.79 Å². The number of carbonyl (C=O) groups excluding carboxylic acids is 1.